The molecule has 4 aromatic rings. The van der Waals surface area contributed by atoms with Crippen molar-refractivity contribution in [3.8, 4) is 5.88 Å². The van der Waals surface area contributed by atoms with Gasteiger partial charge in [-0.3, -0.25) is 43.1 Å². The second-order valence-electron chi connectivity index (χ2n) is 13.7. The monoisotopic (exact) mass is 887 g/mol. The Kier molecular flexibility index (Phi) is 12.6. The number of carbonyl (C=O) groups excluding carboxylic acids is 7. The molecule has 0 saturated carbocycles. The number of rotatable bonds is 14. The maximum atomic E-state index is 14.6. The van der Waals surface area contributed by atoms with Gasteiger partial charge in [0.1, 0.15) is 17.1 Å². The summed E-state index contributed by atoms with van der Waals surface area (Å²) in [4.78, 5) is 110. The molecule has 2 saturated heterocycles. The van der Waals surface area contributed by atoms with Crippen LogP contribution in [0.15, 0.2) is 99.4 Å². The predicted octanol–water partition coefficient (Wildman–Crippen LogP) is 1.24. The molecule has 3 aliphatic rings. The molecule has 0 aliphatic carbocycles. The van der Waals surface area contributed by atoms with Gasteiger partial charge >= 0.3 is 29.4 Å². The van der Waals surface area contributed by atoms with Gasteiger partial charge in [-0.25, -0.2) is 9.59 Å². The number of aromatic hydroxyl groups is 1. The number of likely N-dealkylation sites (N-methyl/N-ethyl adjacent to an activating group) is 1. The van der Waals surface area contributed by atoms with Gasteiger partial charge in [-0.05, 0) is 35.1 Å². The Morgan fingerprint density at radius 1 is 0.984 bits per heavy atom. The molecule has 61 heavy (non-hydrogen) atoms. The number of β-lactam (4-membered cyclic amide) rings is 1. The molecule has 3 atom stereocenters. The van der Waals surface area contributed by atoms with E-state index in [-0.39, 0.29) is 48.4 Å². The highest BCUT2D eigenvalue weighted by Gasteiger charge is 2.66. The molecule has 7 amide bonds. The molecule has 5 heterocycles. The molecule has 1 unspecified atom stereocenters. The van der Waals surface area contributed by atoms with Gasteiger partial charge in [-0.1, -0.05) is 78.5 Å². The highest BCUT2D eigenvalue weighted by Crippen LogP contribution is 2.47. The van der Waals surface area contributed by atoms with E-state index in [1.54, 1.807) is 73.0 Å². The third kappa shape index (κ3) is 8.20. The molecule has 2 fully saturated rings. The minimum atomic E-state index is -2.14. The van der Waals surface area contributed by atoms with Crippen LogP contribution in [0.1, 0.15) is 35.1 Å². The quantitative estimate of drug-likeness (QED) is 0.0348. The predicted molar refractivity (Wildman–Crippen MR) is 220 cm³/mol. The van der Waals surface area contributed by atoms with E-state index in [4.69, 9.17) is 4.74 Å². The van der Waals surface area contributed by atoms with Crippen molar-refractivity contribution in [1.29, 1.82) is 0 Å². The topological polar surface area (TPSA) is 243 Å². The van der Waals surface area contributed by atoms with Crippen molar-refractivity contribution in [1.82, 2.24) is 45.4 Å². The van der Waals surface area contributed by atoms with E-state index >= 15 is 0 Å². The number of urea groups is 1. The SMILES string of the molecule is CCN1CCN(C(=O)NC(C(=O)N[C@]2(NC=O)C(=O)N3C(C(=O)OC(c4ccccc4)c4ccccc4)=C(CSc4nnc(O)c(=O)n4C)CS[C@H]32)c2cccs2)C(=O)C1=O. The summed E-state index contributed by atoms with van der Waals surface area (Å²) in [6.07, 6.45) is -0.700. The first-order valence-electron chi connectivity index (χ1n) is 18.6. The van der Waals surface area contributed by atoms with Crippen LogP contribution in [-0.2, 0) is 40.6 Å². The van der Waals surface area contributed by atoms with Crippen LogP contribution in [0.4, 0.5) is 4.79 Å². The second kappa shape index (κ2) is 18.0. The molecule has 7 rings (SSSR count). The van der Waals surface area contributed by atoms with Gasteiger partial charge < -0.3 is 30.7 Å². The normalized spacial score (nSPS) is 19.2. The lowest BCUT2D eigenvalue weighted by Gasteiger charge is -2.56. The van der Waals surface area contributed by atoms with Crippen molar-refractivity contribution >= 4 is 76.9 Å². The van der Waals surface area contributed by atoms with Crippen LogP contribution in [0.5, 0.6) is 5.88 Å². The Hall–Kier alpha value is -6.52. The molecule has 4 N–H and O–H groups in total. The number of piperazine rings is 1. The fraction of sp³-hybridized carbons (Fsp3) is 0.282. The summed E-state index contributed by atoms with van der Waals surface area (Å²) < 4.78 is 7.30. The lowest BCUT2D eigenvalue weighted by atomic mass is 9.94. The number of hydrogen-bond donors (Lipinski definition) is 4. The van der Waals surface area contributed by atoms with Gasteiger partial charge in [0.05, 0.1) is 0 Å². The molecule has 0 spiro atoms. The minimum Gasteiger partial charge on any atom is -0.488 e. The van der Waals surface area contributed by atoms with E-state index < -0.39 is 70.3 Å². The number of aromatic nitrogens is 3. The van der Waals surface area contributed by atoms with E-state index in [0.717, 1.165) is 44.3 Å². The van der Waals surface area contributed by atoms with Crippen molar-refractivity contribution < 1.29 is 43.4 Å². The second-order valence-corrected chi connectivity index (χ2v) is 16.6. The largest absolute Gasteiger partial charge is 0.488 e. The van der Waals surface area contributed by atoms with Gasteiger partial charge in [0.2, 0.25) is 18.0 Å². The zero-order valence-corrected chi connectivity index (χ0v) is 34.8. The maximum Gasteiger partial charge on any atom is 0.356 e. The van der Waals surface area contributed by atoms with E-state index in [1.807, 2.05) is 12.1 Å². The molecule has 0 radical (unpaired) electrons. The Morgan fingerprint density at radius 2 is 1.67 bits per heavy atom. The fourth-order valence-electron chi connectivity index (χ4n) is 6.92. The molecule has 3 aliphatic heterocycles. The summed E-state index contributed by atoms with van der Waals surface area (Å²) in [5.74, 6) is -5.47. The van der Waals surface area contributed by atoms with Gasteiger partial charge in [-0.15, -0.1) is 33.3 Å². The summed E-state index contributed by atoms with van der Waals surface area (Å²) in [7, 11) is 1.38. The van der Waals surface area contributed by atoms with Crippen LogP contribution in [0, 0.1) is 0 Å². The molecule has 2 aromatic heterocycles. The smallest absolute Gasteiger partial charge is 0.356 e. The van der Waals surface area contributed by atoms with Crippen molar-refractivity contribution in [2.45, 2.75) is 35.3 Å². The summed E-state index contributed by atoms with van der Waals surface area (Å²) in [6.45, 7) is 1.93. The first-order chi connectivity index (χ1) is 29.4. The average molecular weight is 888 g/mol. The summed E-state index contributed by atoms with van der Waals surface area (Å²) in [5.41, 5.74) is -1.47. The van der Waals surface area contributed by atoms with Crippen LogP contribution in [0.25, 0.3) is 0 Å². The number of thiophene rings is 1. The molecule has 2 aromatic carbocycles. The van der Waals surface area contributed by atoms with E-state index in [2.05, 4.69) is 26.1 Å². The Balaban J connectivity index is 1.21. The van der Waals surface area contributed by atoms with Crippen LogP contribution in [0.2, 0.25) is 0 Å². The number of carbonyl (C=O) groups is 7. The molecular weight excluding hydrogens is 851 g/mol. The molecule has 22 heteroatoms. The number of thioether (sulfide) groups is 2. The molecule has 19 nitrogen and oxygen atoms in total. The number of benzene rings is 2. The summed E-state index contributed by atoms with van der Waals surface area (Å²) in [5, 5.41) is 25.4. The Labute approximate surface area is 359 Å². The zero-order valence-electron chi connectivity index (χ0n) is 32.4. The van der Waals surface area contributed by atoms with Gasteiger partial charge in [-0.2, -0.15) is 0 Å². The van der Waals surface area contributed by atoms with Crippen molar-refractivity contribution in [3.05, 3.63) is 116 Å². The van der Waals surface area contributed by atoms with E-state index in [9.17, 15) is 43.5 Å². The van der Waals surface area contributed by atoms with Crippen LogP contribution in [-0.4, -0.2) is 119 Å². The van der Waals surface area contributed by atoms with Crippen LogP contribution >= 0.6 is 34.9 Å². The third-order valence-electron chi connectivity index (χ3n) is 10.1. The minimum absolute atomic E-state index is 0.0112. The molecule has 0 bridgehead atoms. The fourth-order valence-corrected chi connectivity index (χ4v) is 10.2. The Morgan fingerprint density at radius 3 is 2.30 bits per heavy atom. The number of amides is 7. The summed E-state index contributed by atoms with van der Waals surface area (Å²) >= 11 is 3.21. The van der Waals surface area contributed by atoms with Crippen molar-refractivity contribution in [3.63, 3.8) is 0 Å². The maximum absolute atomic E-state index is 14.6. The van der Waals surface area contributed by atoms with Gasteiger partial charge in [0, 0.05) is 43.1 Å². The first kappa shape index (κ1) is 42.6. The number of nitrogens with one attached hydrogen (secondary N) is 3. The van der Waals surface area contributed by atoms with Crippen LogP contribution < -0.4 is 21.5 Å². The first-order valence-corrected chi connectivity index (χ1v) is 21.5. The van der Waals surface area contributed by atoms with E-state index in [0.29, 0.717) is 26.5 Å². The van der Waals surface area contributed by atoms with E-state index in [1.165, 1.54) is 11.9 Å². The number of hydrogen-bond acceptors (Lipinski definition) is 15. The standard InChI is InChI=1S/C39H37N9O10S3/c1-3-46-16-17-47(33(54)32(46)53)37(57)41-26(25-15-10-18-59-25)29(50)42-39(40-21-49)35(56)48-27(24(19-60-36(39)48)20-61-38-44-43-30(51)31(52)45(38)2)34(55)58-28(22-11-6-4-7-12-22)23-13-8-5-9-14-23/h4-15,18,21,26,28,36H,3,16-17,19-20H2,1-2H3,(H,40,49)(H,41,57)(H,42,50)(H,43,51)/t26?,36-,39+/m0/s1. The third-order valence-corrected chi connectivity index (χ3v) is 13.5. The van der Waals surface area contributed by atoms with Crippen molar-refractivity contribution in [2.75, 3.05) is 31.1 Å². The highest BCUT2D eigenvalue weighted by molar-refractivity contribution is 8.01. The number of fused-ring (bicyclic) bond motifs is 1. The summed E-state index contributed by atoms with van der Waals surface area (Å²) in [6, 6.07) is 18.5. The lowest BCUT2D eigenvalue weighted by Crippen LogP contribution is -2.85. The highest BCUT2D eigenvalue weighted by atomic mass is 32.2. The number of nitrogens with zero attached hydrogens (tertiary/aromatic N) is 6. The number of imide groups is 1. The van der Waals surface area contributed by atoms with Crippen molar-refractivity contribution in [2.24, 2.45) is 7.05 Å². The zero-order chi connectivity index (χ0) is 43.4. The number of ether oxygens (including phenoxy) is 1. The molecular formula is C39H37N9O10S3. The average Bonchev–Trinajstić information content (AvgIpc) is 3.82. The molecule has 316 valence electrons. The lowest BCUT2D eigenvalue weighted by molar-refractivity contribution is -0.164. The van der Waals surface area contributed by atoms with Gasteiger partial charge in [0.25, 0.3) is 11.8 Å². The van der Waals surface area contributed by atoms with Crippen LogP contribution in [0.3, 0.4) is 0 Å². The Bertz CT molecular complexity index is 2430. The number of esters is 1. The van der Waals surface area contributed by atoms with Gasteiger partial charge in [0.15, 0.2) is 11.3 Å².